The summed E-state index contributed by atoms with van der Waals surface area (Å²) in [6.07, 6.45) is 0. The minimum atomic E-state index is -0.470. The summed E-state index contributed by atoms with van der Waals surface area (Å²) in [6, 6.07) is 11.0. The Morgan fingerprint density at radius 3 is 2.50 bits per heavy atom. The van der Waals surface area contributed by atoms with Crippen LogP contribution >= 0.6 is 11.8 Å². The smallest absolute Gasteiger partial charge is 0.128 e. The van der Waals surface area contributed by atoms with E-state index in [1.165, 1.54) is 23.4 Å². The first-order valence-corrected chi connectivity index (χ1v) is 7.19. The van der Waals surface area contributed by atoms with Gasteiger partial charge >= 0.3 is 0 Å². The highest BCUT2D eigenvalue weighted by Gasteiger charge is 2.15. The van der Waals surface area contributed by atoms with E-state index >= 15 is 0 Å². The van der Waals surface area contributed by atoms with Gasteiger partial charge in [-0.3, -0.25) is 11.3 Å². The second-order valence-corrected chi connectivity index (χ2v) is 5.60. The first-order valence-electron chi connectivity index (χ1n) is 6.20. The van der Waals surface area contributed by atoms with Gasteiger partial charge in [-0.15, -0.1) is 11.8 Å². The number of aryl methyl sites for hydroxylation is 1. The highest BCUT2D eigenvalue weighted by atomic mass is 32.2. The van der Waals surface area contributed by atoms with Crippen molar-refractivity contribution in [2.75, 3.05) is 5.75 Å². The number of nitrogens with two attached hydrogens (primary N) is 1. The van der Waals surface area contributed by atoms with Crippen LogP contribution in [0, 0.1) is 18.6 Å². The van der Waals surface area contributed by atoms with E-state index in [1.807, 2.05) is 31.2 Å². The van der Waals surface area contributed by atoms with Gasteiger partial charge in [-0.25, -0.2) is 8.78 Å². The number of halogens is 2. The molecule has 2 rings (SSSR count). The van der Waals surface area contributed by atoms with Crippen LogP contribution in [0.1, 0.15) is 17.2 Å². The van der Waals surface area contributed by atoms with Crippen molar-refractivity contribution in [3.8, 4) is 0 Å². The summed E-state index contributed by atoms with van der Waals surface area (Å²) in [4.78, 5) is 1.06. The van der Waals surface area contributed by atoms with Gasteiger partial charge in [0.05, 0.1) is 6.04 Å². The van der Waals surface area contributed by atoms with Crippen LogP contribution in [-0.2, 0) is 0 Å². The van der Waals surface area contributed by atoms with Crippen LogP contribution in [0.5, 0.6) is 0 Å². The molecule has 2 nitrogen and oxygen atoms in total. The van der Waals surface area contributed by atoms with E-state index in [1.54, 1.807) is 0 Å². The third-order valence-electron chi connectivity index (χ3n) is 2.97. The maximum absolute atomic E-state index is 13.7. The van der Waals surface area contributed by atoms with Crippen LogP contribution in [0.25, 0.3) is 0 Å². The zero-order valence-electron chi connectivity index (χ0n) is 11.1. The number of rotatable bonds is 5. The standard InChI is InChI=1S/C15H16F2N2S/c1-10-2-5-12(6-3-10)20-9-15(19-18)13-8-11(16)4-7-14(13)17/h2-8,15,19H,9,18H2,1H3. The molecule has 0 saturated carbocycles. The molecule has 0 fully saturated rings. The van der Waals surface area contributed by atoms with Gasteiger partial charge in [-0.1, -0.05) is 17.7 Å². The Morgan fingerprint density at radius 2 is 1.85 bits per heavy atom. The minimum absolute atomic E-state index is 0.243. The molecule has 0 radical (unpaired) electrons. The van der Waals surface area contributed by atoms with Crippen LogP contribution in [0.2, 0.25) is 0 Å². The van der Waals surface area contributed by atoms with Crippen molar-refractivity contribution in [2.45, 2.75) is 17.9 Å². The lowest BCUT2D eigenvalue weighted by Gasteiger charge is -2.16. The van der Waals surface area contributed by atoms with Gasteiger partial charge in [0.1, 0.15) is 11.6 Å². The highest BCUT2D eigenvalue weighted by molar-refractivity contribution is 7.99. The Morgan fingerprint density at radius 1 is 1.15 bits per heavy atom. The van der Waals surface area contributed by atoms with Crippen molar-refractivity contribution < 1.29 is 8.78 Å². The van der Waals surface area contributed by atoms with Crippen molar-refractivity contribution in [3.63, 3.8) is 0 Å². The summed E-state index contributed by atoms with van der Waals surface area (Å²) in [5.74, 6) is 5.04. The number of nitrogens with one attached hydrogen (secondary N) is 1. The van der Waals surface area contributed by atoms with Gasteiger partial charge in [-0.2, -0.15) is 0 Å². The van der Waals surface area contributed by atoms with Gasteiger partial charge in [0.2, 0.25) is 0 Å². The molecule has 1 unspecified atom stereocenters. The summed E-state index contributed by atoms with van der Waals surface area (Å²) < 4.78 is 26.9. The normalized spacial score (nSPS) is 12.4. The number of benzene rings is 2. The summed E-state index contributed by atoms with van der Waals surface area (Å²) in [7, 11) is 0. The molecule has 0 aliphatic rings. The molecule has 0 aliphatic carbocycles. The monoisotopic (exact) mass is 294 g/mol. The third kappa shape index (κ3) is 3.79. The zero-order chi connectivity index (χ0) is 14.5. The van der Waals surface area contributed by atoms with Crippen LogP contribution < -0.4 is 11.3 Å². The average molecular weight is 294 g/mol. The quantitative estimate of drug-likeness (QED) is 0.503. The molecular formula is C15H16F2N2S. The van der Waals surface area contributed by atoms with E-state index in [9.17, 15) is 8.78 Å². The third-order valence-corrected chi connectivity index (χ3v) is 4.08. The Balaban J connectivity index is 2.09. The van der Waals surface area contributed by atoms with Gasteiger partial charge in [0.15, 0.2) is 0 Å². The fourth-order valence-corrected chi connectivity index (χ4v) is 2.79. The fraction of sp³-hybridized carbons (Fsp3) is 0.200. The molecule has 0 heterocycles. The molecule has 2 aromatic rings. The van der Waals surface area contributed by atoms with Gasteiger partial charge < -0.3 is 0 Å². The van der Waals surface area contributed by atoms with Crippen LogP contribution in [0.3, 0.4) is 0 Å². The van der Waals surface area contributed by atoms with Crippen LogP contribution in [-0.4, -0.2) is 5.75 Å². The molecule has 0 bridgehead atoms. The number of hydrazine groups is 1. The Hall–Kier alpha value is -1.43. The molecule has 0 aromatic heterocycles. The number of hydrogen-bond donors (Lipinski definition) is 2. The predicted octanol–water partition coefficient (Wildman–Crippen LogP) is 3.57. The lowest BCUT2D eigenvalue weighted by molar-refractivity contribution is 0.534. The van der Waals surface area contributed by atoms with E-state index in [-0.39, 0.29) is 5.56 Å². The van der Waals surface area contributed by atoms with Crippen LogP contribution in [0.15, 0.2) is 47.4 Å². The molecule has 0 spiro atoms. The Kier molecular flexibility index (Phi) is 5.11. The number of thioether (sulfide) groups is 1. The molecule has 0 aliphatic heterocycles. The molecule has 5 heteroatoms. The van der Waals surface area contributed by atoms with Gasteiger partial charge in [0, 0.05) is 16.2 Å². The van der Waals surface area contributed by atoms with Crippen molar-refractivity contribution in [1.82, 2.24) is 5.43 Å². The fourth-order valence-electron chi connectivity index (χ4n) is 1.82. The first-order chi connectivity index (χ1) is 9.60. The van der Waals surface area contributed by atoms with E-state index < -0.39 is 17.7 Å². The zero-order valence-corrected chi connectivity index (χ0v) is 11.9. The van der Waals surface area contributed by atoms with Crippen molar-refractivity contribution in [2.24, 2.45) is 5.84 Å². The van der Waals surface area contributed by atoms with E-state index in [4.69, 9.17) is 5.84 Å². The van der Waals surface area contributed by atoms with Gasteiger partial charge in [-0.05, 0) is 37.3 Å². The summed E-state index contributed by atoms with van der Waals surface area (Å²) in [6.45, 7) is 2.01. The Labute approximate surface area is 121 Å². The molecule has 3 N–H and O–H groups in total. The first kappa shape index (κ1) is 15.0. The topological polar surface area (TPSA) is 38.0 Å². The molecule has 106 valence electrons. The molecule has 0 saturated heterocycles. The summed E-state index contributed by atoms with van der Waals surface area (Å²) in [5.41, 5.74) is 3.96. The second kappa shape index (κ2) is 6.83. The van der Waals surface area contributed by atoms with Crippen molar-refractivity contribution >= 4 is 11.8 Å². The largest absolute Gasteiger partial charge is 0.271 e. The lowest BCUT2D eigenvalue weighted by Crippen LogP contribution is -2.30. The van der Waals surface area contributed by atoms with Crippen molar-refractivity contribution in [3.05, 3.63) is 65.2 Å². The van der Waals surface area contributed by atoms with Crippen LogP contribution in [0.4, 0.5) is 8.78 Å². The summed E-state index contributed by atoms with van der Waals surface area (Å²) >= 11 is 1.54. The minimum Gasteiger partial charge on any atom is -0.271 e. The molecule has 2 aromatic carbocycles. The van der Waals surface area contributed by atoms with E-state index in [0.29, 0.717) is 5.75 Å². The second-order valence-electron chi connectivity index (χ2n) is 4.51. The predicted molar refractivity (Wildman–Crippen MR) is 78.3 cm³/mol. The highest BCUT2D eigenvalue weighted by Crippen LogP contribution is 2.26. The lowest BCUT2D eigenvalue weighted by atomic mass is 10.1. The Bertz CT molecular complexity index is 573. The maximum Gasteiger partial charge on any atom is 0.128 e. The summed E-state index contributed by atoms with van der Waals surface area (Å²) in [5, 5.41) is 0. The van der Waals surface area contributed by atoms with Crippen molar-refractivity contribution in [1.29, 1.82) is 0 Å². The van der Waals surface area contributed by atoms with E-state index in [2.05, 4.69) is 5.43 Å². The van der Waals surface area contributed by atoms with E-state index in [0.717, 1.165) is 17.0 Å². The molecule has 1 atom stereocenters. The molecule has 20 heavy (non-hydrogen) atoms. The number of hydrogen-bond acceptors (Lipinski definition) is 3. The molecule has 0 amide bonds. The van der Waals surface area contributed by atoms with Gasteiger partial charge in [0.25, 0.3) is 0 Å². The maximum atomic E-state index is 13.7. The average Bonchev–Trinajstić information content (AvgIpc) is 2.45. The SMILES string of the molecule is Cc1ccc(SCC(NN)c2cc(F)ccc2F)cc1. The molecular weight excluding hydrogens is 278 g/mol.